The molecule has 11 heavy (non-hydrogen) atoms. The predicted molar refractivity (Wildman–Crippen MR) is 46.3 cm³/mol. The third-order valence-corrected chi connectivity index (χ3v) is 1.17. The third-order valence-electron chi connectivity index (χ3n) is 1.17. The monoisotopic (exact) mass is 152 g/mol. The number of rotatable bonds is 3. The fourth-order valence-corrected chi connectivity index (χ4v) is 0.586. The SMILES string of the molecule is C=C/C(C)=C(\N=CC)C(N)=O. The summed E-state index contributed by atoms with van der Waals surface area (Å²) in [7, 11) is 0. The van der Waals surface area contributed by atoms with E-state index in [0.29, 0.717) is 5.57 Å². The number of primary amides is 1. The molecular formula is C8H12N2O. The van der Waals surface area contributed by atoms with Crippen molar-refractivity contribution in [1.82, 2.24) is 0 Å². The molecule has 0 saturated heterocycles. The molecule has 0 radical (unpaired) electrons. The van der Waals surface area contributed by atoms with Gasteiger partial charge in [0, 0.05) is 6.21 Å². The van der Waals surface area contributed by atoms with Crippen LogP contribution in [0.4, 0.5) is 0 Å². The van der Waals surface area contributed by atoms with E-state index in [9.17, 15) is 4.79 Å². The molecule has 1 amide bonds. The van der Waals surface area contributed by atoms with E-state index < -0.39 is 5.91 Å². The molecule has 0 bridgehead atoms. The lowest BCUT2D eigenvalue weighted by molar-refractivity contribution is -0.114. The van der Waals surface area contributed by atoms with Crippen LogP contribution in [0.1, 0.15) is 13.8 Å². The molecule has 3 heteroatoms. The highest BCUT2D eigenvalue weighted by atomic mass is 16.1. The molecule has 0 spiro atoms. The van der Waals surface area contributed by atoms with E-state index >= 15 is 0 Å². The van der Waals surface area contributed by atoms with Crippen molar-refractivity contribution in [2.45, 2.75) is 13.8 Å². The molecule has 0 fully saturated rings. The van der Waals surface area contributed by atoms with E-state index in [-0.39, 0.29) is 5.70 Å². The van der Waals surface area contributed by atoms with E-state index in [1.54, 1.807) is 19.9 Å². The molecule has 0 aliphatic heterocycles. The van der Waals surface area contributed by atoms with Crippen molar-refractivity contribution in [3.63, 3.8) is 0 Å². The van der Waals surface area contributed by atoms with Crippen molar-refractivity contribution >= 4 is 12.1 Å². The molecule has 0 heterocycles. The average Bonchev–Trinajstić information content (AvgIpc) is 1.98. The third kappa shape index (κ3) is 2.80. The fraction of sp³-hybridized carbons (Fsp3) is 0.250. The summed E-state index contributed by atoms with van der Waals surface area (Å²) >= 11 is 0. The lowest BCUT2D eigenvalue weighted by Crippen LogP contribution is -2.13. The van der Waals surface area contributed by atoms with Gasteiger partial charge >= 0.3 is 0 Å². The Balaban J connectivity index is 4.87. The number of amides is 1. The Kier molecular flexibility index (Phi) is 3.88. The molecule has 0 aliphatic rings. The van der Waals surface area contributed by atoms with Crippen LogP contribution in [0.25, 0.3) is 0 Å². The first-order chi connectivity index (χ1) is 5.13. The topological polar surface area (TPSA) is 55.4 Å². The molecule has 0 aliphatic carbocycles. The van der Waals surface area contributed by atoms with Gasteiger partial charge in [0.25, 0.3) is 5.91 Å². The van der Waals surface area contributed by atoms with E-state index in [1.165, 1.54) is 6.21 Å². The summed E-state index contributed by atoms with van der Waals surface area (Å²) in [5.41, 5.74) is 6.00. The van der Waals surface area contributed by atoms with Gasteiger partial charge in [-0.15, -0.1) is 0 Å². The van der Waals surface area contributed by atoms with Gasteiger partial charge in [0.15, 0.2) is 0 Å². The Morgan fingerprint density at radius 1 is 1.64 bits per heavy atom. The number of nitrogens with two attached hydrogens (primary N) is 1. The smallest absolute Gasteiger partial charge is 0.267 e. The Labute approximate surface area is 66.3 Å². The molecule has 0 saturated carbocycles. The van der Waals surface area contributed by atoms with Crippen LogP contribution in [0.15, 0.2) is 28.9 Å². The number of nitrogens with zero attached hydrogens (tertiary/aromatic N) is 1. The van der Waals surface area contributed by atoms with Crippen LogP contribution in [0.2, 0.25) is 0 Å². The summed E-state index contributed by atoms with van der Waals surface area (Å²) in [5, 5.41) is 0. The van der Waals surface area contributed by atoms with Crippen molar-refractivity contribution < 1.29 is 4.79 Å². The normalized spacial score (nSPS) is 12.9. The Bertz CT molecular complexity index is 226. The van der Waals surface area contributed by atoms with Gasteiger partial charge in [0.05, 0.1) is 0 Å². The minimum absolute atomic E-state index is 0.266. The van der Waals surface area contributed by atoms with Crippen LogP contribution in [0.5, 0.6) is 0 Å². The van der Waals surface area contributed by atoms with Gasteiger partial charge in [-0.1, -0.05) is 12.7 Å². The first kappa shape index (κ1) is 9.62. The molecule has 0 atom stereocenters. The Hall–Kier alpha value is -1.38. The summed E-state index contributed by atoms with van der Waals surface area (Å²) in [6, 6.07) is 0. The summed E-state index contributed by atoms with van der Waals surface area (Å²) in [4.78, 5) is 14.5. The maximum absolute atomic E-state index is 10.7. The van der Waals surface area contributed by atoms with Crippen molar-refractivity contribution in [3.05, 3.63) is 23.9 Å². The minimum Gasteiger partial charge on any atom is -0.364 e. The van der Waals surface area contributed by atoms with E-state index in [0.717, 1.165) is 0 Å². The van der Waals surface area contributed by atoms with Crippen LogP contribution < -0.4 is 5.73 Å². The van der Waals surface area contributed by atoms with Crippen molar-refractivity contribution in [1.29, 1.82) is 0 Å². The molecule has 0 aromatic heterocycles. The van der Waals surface area contributed by atoms with Gasteiger partial charge in [0.2, 0.25) is 0 Å². The van der Waals surface area contributed by atoms with Gasteiger partial charge in [-0.2, -0.15) is 0 Å². The van der Waals surface area contributed by atoms with Crippen molar-refractivity contribution in [3.8, 4) is 0 Å². The highest BCUT2D eigenvalue weighted by Gasteiger charge is 2.03. The standard InChI is InChI=1S/C8H12N2O/c1-4-6(3)7(8(9)11)10-5-2/h4-5H,1H2,2-3H3,(H2,9,11)/b7-6-,10-5?. The first-order valence-electron chi connectivity index (χ1n) is 3.25. The number of carbonyl (C=O) groups excluding carboxylic acids is 1. The van der Waals surface area contributed by atoms with Gasteiger partial charge in [-0.3, -0.25) is 9.79 Å². The second-order valence-electron chi connectivity index (χ2n) is 1.99. The van der Waals surface area contributed by atoms with Crippen LogP contribution in [0, 0.1) is 0 Å². The minimum atomic E-state index is -0.527. The van der Waals surface area contributed by atoms with E-state index in [2.05, 4.69) is 11.6 Å². The maximum atomic E-state index is 10.7. The quantitative estimate of drug-likeness (QED) is 0.366. The first-order valence-corrected chi connectivity index (χ1v) is 3.25. The zero-order valence-corrected chi connectivity index (χ0v) is 6.79. The zero-order chi connectivity index (χ0) is 8.85. The lowest BCUT2D eigenvalue weighted by Gasteiger charge is -1.97. The molecule has 0 aromatic rings. The molecule has 0 unspecified atom stereocenters. The molecule has 2 N–H and O–H groups in total. The maximum Gasteiger partial charge on any atom is 0.267 e. The molecule has 0 rings (SSSR count). The second kappa shape index (κ2) is 4.44. The number of carbonyl (C=O) groups is 1. The van der Waals surface area contributed by atoms with Crippen LogP contribution in [0.3, 0.4) is 0 Å². The molecule has 0 aromatic carbocycles. The number of allylic oxidation sites excluding steroid dienone is 2. The highest BCUT2D eigenvalue weighted by molar-refractivity contribution is 5.94. The van der Waals surface area contributed by atoms with E-state index in [4.69, 9.17) is 5.73 Å². The van der Waals surface area contributed by atoms with Gasteiger partial charge < -0.3 is 5.73 Å². The number of aliphatic imine (C=N–C) groups is 1. The number of hydrogen-bond donors (Lipinski definition) is 1. The molecular weight excluding hydrogens is 140 g/mol. The van der Waals surface area contributed by atoms with Crippen molar-refractivity contribution in [2.75, 3.05) is 0 Å². The number of hydrogen-bond acceptors (Lipinski definition) is 2. The average molecular weight is 152 g/mol. The summed E-state index contributed by atoms with van der Waals surface area (Å²) in [6.45, 7) is 6.96. The van der Waals surface area contributed by atoms with Crippen molar-refractivity contribution in [2.24, 2.45) is 10.7 Å². The Morgan fingerprint density at radius 3 is 2.45 bits per heavy atom. The summed E-state index contributed by atoms with van der Waals surface area (Å²) < 4.78 is 0. The Morgan fingerprint density at radius 2 is 2.18 bits per heavy atom. The largest absolute Gasteiger partial charge is 0.364 e. The van der Waals surface area contributed by atoms with Gasteiger partial charge in [0.1, 0.15) is 5.70 Å². The molecule has 60 valence electrons. The summed E-state index contributed by atoms with van der Waals surface area (Å²) in [6.07, 6.45) is 3.07. The van der Waals surface area contributed by atoms with Crippen LogP contribution in [-0.2, 0) is 4.79 Å². The van der Waals surface area contributed by atoms with Gasteiger partial charge in [-0.05, 0) is 19.4 Å². The van der Waals surface area contributed by atoms with E-state index in [1.807, 2.05) is 0 Å². The predicted octanol–water partition coefficient (Wildman–Crippen LogP) is 1.02. The fourth-order valence-electron chi connectivity index (χ4n) is 0.586. The van der Waals surface area contributed by atoms with Crippen LogP contribution >= 0.6 is 0 Å². The second-order valence-corrected chi connectivity index (χ2v) is 1.99. The molecule has 3 nitrogen and oxygen atoms in total. The lowest BCUT2D eigenvalue weighted by atomic mass is 10.2. The summed E-state index contributed by atoms with van der Waals surface area (Å²) in [5.74, 6) is -0.527. The van der Waals surface area contributed by atoms with Crippen LogP contribution in [-0.4, -0.2) is 12.1 Å². The van der Waals surface area contributed by atoms with Gasteiger partial charge in [-0.25, -0.2) is 0 Å². The highest BCUT2D eigenvalue weighted by Crippen LogP contribution is 2.04. The zero-order valence-electron chi connectivity index (χ0n) is 6.79.